The number of halogens is 1. The van der Waals surface area contributed by atoms with Gasteiger partial charge >= 0.3 is 5.69 Å². The van der Waals surface area contributed by atoms with E-state index in [0.717, 1.165) is 0 Å². The normalized spacial score (nSPS) is 12.6. The lowest BCUT2D eigenvalue weighted by Gasteiger charge is -2.12. The molecular weight excluding hydrogens is 221 g/mol. The van der Waals surface area contributed by atoms with Crippen molar-refractivity contribution in [2.45, 2.75) is 12.6 Å². The highest BCUT2D eigenvalue weighted by Crippen LogP contribution is 2.15. The molecule has 1 atom stereocenters. The van der Waals surface area contributed by atoms with Crippen LogP contribution in [0, 0.1) is 5.82 Å². The molecule has 0 saturated heterocycles. The van der Waals surface area contributed by atoms with Gasteiger partial charge in [0.05, 0.1) is 6.04 Å². The van der Waals surface area contributed by atoms with Crippen LogP contribution in [0.3, 0.4) is 0 Å². The van der Waals surface area contributed by atoms with Gasteiger partial charge in [0.15, 0.2) is 0 Å². The molecule has 1 heterocycles. The second-order valence-electron chi connectivity index (χ2n) is 3.97. The molecule has 1 unspecified atom stereocenters. The van der Waals surface area contributed by atoms with Crippen LogP contribution in [0.5, 0.6) is 0 Å². The number of aryl methyl sites for hydroxylation is 1. The zero-order valence-corrected chi connectivity index (χ0v) is 9.51. The second-order valence-corrected chi connectivity index (χ2v) is 3.97. The van der Waals surface area contributed by atoms with Crippen LogP contribution in [-0.2, 0) is 13.6 Å². The van der Waals surface area contributed by atoms with Crippen LogP contribution < -0.4 is 11.4 Å². The molecule has 2 rings (SSSR count). The number of hydrogen-bond acceptors (Lipinski definition) is 2. The summed E-state index contributed by atoms with van der Waals surface area (Å²) in [6.07, 6.45) is 3.29. The third-order valence-corrected chi connectivity index (χ3v) is 2.72. The van der Waals surface area contributed by atoms with Crippen molar-refractivity contribution >= 4 is 0 Å². The summed E-state index contributed by atoms with van der Waals surface area (Å²) in [7, 11) is 1.66. The van der Waals surface area contributed by atoms with Crippen molar-refractivity contribution in [3.63, 3.8) is 0 Å². The monoisotopic (exact) mass is 235 g/mol. The van der Waals surface area contributed by atoms with Gasteiger partial charge in [0.25, 0.3) is 0 Å². The Labute approximate surface area is 98.1 Å². The van der Waals surface area contributed by atoms with Crippen molar-refractivity contribution in [1.82, 2.24) is 9.13 Å². The number of imidazole rings is 1. The molecule has 4 nitrogen and oxygen atoms in total. The molecule has 1 aromatic carbocycles. The van der Waals surface area contributed by atoms with E-state index < -0.39 is 6.04 Å². The molecule has 2 N–H and O–H groups in total. The van der Waals surface area contributed by atoms with E-state index in [2.05, 4.69) is 0 Å². The molecular formula is C12H14FN3O. The number of aromatic nitrogens is 2. The topological polar surface area (TPSA) is 52.9 Å². The second kappa shape index (κ2) is 4.55. The molecule has 0 radical (unpaired) electrons. The highest BCUT2D eigenvalue weighted by molar-refractivity contribution is 5.20. The molecule has 2 aromatic rings. The number of hydrogen-bond donors (Lipinski definition) is 1. The number of benzene rings is 1. The van der Waals surface area contributed by atoms with Gasteiger partial charge in [-0.15, -0.1) is 0 Å². The van der Waals surface area contributed by atoms with Gasteiger partial charge in [-0.1, -0.05) is 18.2 Å². The van der Waals surface area contributed by atoms with Crippen molar-refractivity contribution in [3.8, 4) is 0 Å². The first-order chi connectivity index (χ1) is 8.09. The van der Waals surface area contributed by atoms with E-state index in [1.165, 1.54) is 15.2 Å². The fraction of sp³-hybridized carbons (Fsp3) is 0.250. The Morgan fingerprint density at radius 2 is 2.06 bits per heavy atom. The molecule has 0 bridgehead atoms. The Hall–Kier alpha value is -1.88. The predicted octanol–water partition coefficient (Wildman–Crippen LogP) is 1.03. The molecule has 0 amide bonds. The molecule has 0 spiro atoms. The van der Waals surface area contributed by atoms with Gasteiger partial charge in [0.1, 0.15) is 5.82 Å². The summed E-state index contributed by atoms with van der Waals surface area (Å²) in [4.78, 5) is 11.6. The SMILES string of the molecule is Cn1ccn(CC(N)c2ccccc2F)c1=O. The zero-order valence-electron chi connectivity index (χ0n) is 9.51. The maximum atomic E-state index is 13.5. The summed E-state index contributed by atoms with van der Waals surface area (Å²) in [6, 6.07) is 5.81. The van der Waals surface area contributed by atoms with Crippen molar-refractivity contribution in [1.29, 1.82) is 0 Å². The standard InChI is InChI=1S/C12H14FN3O/c1-15-6-7-16(12(15)17)8-11(14)9-4-2-3-5-10(9)13/h2-7,11H,8,14H2,1H3. The number of rotatable bonds is 3. The first kappa shape index (κ1) is 11.6. The van der Waals surface area contributed by atoms with Crippen LogP contribution in [0.25, 0.3) is 0 Å². The minimum atomic E-state index is -0.531. The first-order valence-electron chi connectivity index (χ1n) is 5.31. The minimum absolute atomic E-state index is 0.156. The van der Waals surface area contributed by atoms with Gasteiger partial charge in [0.2, 0.25) is 0 Å². The summed E-state index contributed by atoms with van der Waals surface area (Å²) in [5, 5.41) is 0. The smallest absolute Gasteiger partial charge is 0.322 e. The van der Waals surface area contributed by atoms with Crippen LogP contribution >= 0.6 is 0 Å². The molecule has 0 aliphatic heterocycles. The zero-order chi connectivity index (χ0) is 12.4. The molecule has 5 heteroatoms. The molecule has 90 valence electrons. The maximum Gasteiger partial charge on any atom is 0.327 e. The van der Waals surface area contributed by atoms with E-state index in [-0.39, 0.29) is 18.1 Å². The molecule has 0 saturated carbocycles. The van der Waals surface area contributed by atoms with Gasteiger partial charge in [0, 0.05) is 31.5 Å². The summed E-state index contributed by atoms with van der Waals surface area (Å²) >= 11 is 0. The Morgan fingerprint density at radius 3 is 2.65 bits per heavy atom. The summed E-state index contributed by atoms with van der Waals surface area (Å²) in [6.45, 7) is 0.264. The Kier molecular flexibility index (Phi) is 3.10. The van der Waals surface area contributed by atoms with E-state index in [4.69, 9.17) is 5.73 Å². The van der Waals surface area contributed by atoms with Crippen molar-refractivity contribution in [3.05, 3.63) is 58.5 Å². The van der Waals surface area contributed by atoms with Gasteiger partial charge in [-0.3, -0.25) is 4.57 Å². The molecule has 0 aliphatic carbocycles. The van der Waals surface area contributed by atoms with E-state index >= 15 is 0 Å². The molecule has 0 aliphatic rings. The van der Waals surface area contributed by atoms with Gasteiger partial charge < -0.3 is 10.3 Å². The van der Waals surface area contributed by atoms with E-state index in [1.54, 1.807) is 37.6 Å². The average molecular weight is 235 g/mol. The Balaban J connectivity index is 2.23. The van der Waals surface area contributed by atoms with Gasteiger partial charge in [-0.25, -0.2) is 9.18 Å². The van der Waals surface area contributed by atoms with Crippen molar-refractivity contribution < 1.29 is 4.39 Å². The van der Waals surface area contributed by atoms with Crippen LogP contribution in [-0.4, -0.2) is 9.13 Å². The van der Waals surface area contributed by atoms with Crippen molar-refractivity contribution in [2.75, 3.05) is 0 Å². The van der Waals surface area contributed by atoms with E-state index in [9.17, 15) is 9.18 Å². The highest BCUT2D eigenvalue weighted by Gasteiger charge is 2.12. The Bertz CT molecular complexity index is 573. The van der Waals surface area contributed by atoms with Crippen LogP contribution in [0.1, 0.15) is 11.6 Å². The van der Waals surface area contributed by atoms with Crippen LogP contribution in [0.2, 0.25) is 0 Å². The average Bonchev–Trinajstić information content (AvgIpc) is 2.61. The predicted molar refractivity (Wildman–Crippen MR) is 63.0 cm³/mol. The molecule has 0 fully saturated rings. The Morgan fingerprint density at radius 1 is 1.35 bits per heavy atom. The largest absolute Gasteiger partial charge is 0.327 e. The third-order valence-electron chi connectivity index (χ3n) is 2.72. The van der Waals surface area contributed by atoms with Crippen LogP contribution in [0.4, 0.5) is 4.39 Å². The quantitative estimate of drug-likeness (QED) is 0.863. The summed E-state index contributed by atoms with van der Waals surface area (Å²) in [5.74, 6) is -0.344. The fourth-order valence-corrected chi connectivity index (χ4v) is 1.74. The van der Waals surface area contributed by atoms with Gasteiger partial charge in [-0.05, 0) is 6.07 Å². The lowest BCUT2D eigenvalue weighted by atomic mass is 10.1. The third kappa shape index (κ3) is 2.29. The first-order valence-corrected chi connectivity index (χ1v) is 5.31. The van der Waals surface area contributed by atoms with E-state index in [1.807, 2.05) is 0 Å². The molecule has 17 heavy (non-hydrogen) atoms. The lowest BCUT2D eigenvalue weighted by molar-refractivity contribution is 0.520. The summed E-state index contributed by atoms with van der Waals surface area (Å²) < 4.78 is 16.4. The lowest BCUT2D eigenvalue weighted by Crippen LogP contribution is -2.27. The van der Waals surface area contributed by atoms with Gasteiger partial charge in [-0.2, -0.15) is 0 Å². The van der Waals surface area contributed by atoms with Crippen molar-refractivity contribution in [2.24, 2.45) is 12.8 Å². The number of nitrogens with two attached hydrogens (primary N) is 1. The highest BCUT2D eigenvalue weighted by atomic mass is 19.1. The fourth-order valence-electron chi connectivity index (χ4n) is 1.74. The maximum absolute atomic E-state index is 13.5. The minimum Gasteiger partial charge on any atom is -0.322 e. The van der Waals surface area contributed by atoms with Crippen LogP contribution in [0.15, 0.2) is 41.5 Å². The summed E-state index contributed by atoms with van der Waals surface area (Å²) in [5.41, 5.74) is 6.16. The van der Waals surface area contributed by atoms with E-state index in [0.29, 0.717) is 5.56 Å². The molecule has 1 aromatic heterocycles. The number of nitrogens with zero attached hydrogens (tertiary/aromatic N) is 2.